The second-order valence-electron chi connectivity index (χ2n) is 22.9. The molecule has 388 valence electrons. The van der Waals surface area contributed by atoms with Gasteiger partial charge < -0.3 is 37.9 Å². The van der Waals surface area contributed by atoms with Crippen LogP contribution in [0.25, 0.3) is 0 Å². The van der Waals surface area contributed by atoms with Crippen LogP contribution in [-0.2, 0) is 65.4 Å². The van der Waals surface area contributed by atoms with Gasteiger partial charge in [0.2, 0.25) is 5.91 Å². The maximum Gasteiger partial charge on any atom is 0.407 e. The molecule has 4 aliphatic carbocycles. The number of Topliss-reactive ketones (excluding diaryl/α,β-unsaturated/α-hetero) is 4. The van der Waals surface area contributed by atoms with E-state index in [2.05, 4.69) is 67.9 Å². The van der Waals surface area contributed by atoms with Gasteiger partial charge in [0.15, 0.2) is 11.6 Å². The van der Waals surface area contributed by atoms with Gasteiger partial charge in [0.1, 0.15) is 18.2 Å². The highest BCUT2D eigenvalue weighted by Crippen LogP contribution is 2.60. The quantitative estimate of drug-likeness (QED) is 0.0358. The van der Waals surface area contributed by atoms with E-state index < -0.39 is 34.9 Å². The van der Waals surface area contributed by atoms with Gasteiger partial charge in [-0.25, -0.2) is 9.59 Å². The first-order valence-corrected chi connectivity index (χ1v) is 26.3. The number of ether oxygens (including phenoxy) is 1. The predicted molar refractivity (Wildman–Crippen MR) is 279 cm³/mol. The molecule has 14 nitrogen and oxygen atoms in total. The Balaban J connectivity index is 0.911. The van der Waals surface area contributed by atoms with Crippen molar-refractivity contribution in [1.29, 1.82) is 0 Å². The van der Waals surface area contributed by atoms with Crippen molar-refractivity contribution in [3.05, 3.63) is 94.0 Å². The zero-order chi connectivity index (χ0) is 52.2. The molecule has 0 spiro atoms. The van der Waals surface area contributed by atoms with Crippen LogP contribution in [0.5, 0.6) is 0 Å². The van der Waals surface area contributed by atoms with E-state index in [4.69, 9.17) is 21.9 Å². The molecule has 7 rings (SSSR count). The normalized spacial score (nSPS) is 26.1. The number of amides is 4. The summed E-state index contributed by atoms with van der Waals surface area (Å²) in [6.45, 7) is 12.5. The van der Waals surface area contributed by atoms with E-state index in [-0.39, 0.29) is 96.6 Å². The number of fused-ring (bicyclic) bond motifs is 6. The Labute approximate surface area is 425 Å². The fraction of sp³-hybridized carbons (Fsp3) is 0.569. The molecule has 14 heteroatoms. The number of benzene rings is 3. The largest absolute Gasteiger partial charge is 0.445 e. The minimum absolute atomic E-state index is 0.0404. The number of primary amides is 1. The lowest BCUT2D eigenvalue weighted by Crippen LogP contribution is -2.55. The van der Waals surface area contributed by atoms with E-state index in [0.29, 0.717) is 24.1 Å². The Morgan fingerprint density at radius 2 is 1.31 bits per heavy atom. The fourth-order valence-electron chi connectivity index (χ4n) is 13.5. The van der Waals surface area contributed by atoms with Gasteiger partial charge in [-0.1, -0.05) is 90.8 Å². The van der Waals surface area contributed by atoms with Crippen molar-refractivity contribution in [3.8, 4) is 0 Å². The van der Waals surface area contributed by atoms with Crippen LogP contribution in [0, 0.1) is 34.5 Å². The number of rotatable bonds is 20. The number of aryl methyl sites for hydroxylation is 2. The van der Waals surface area contributed by atoms with Gasteiger partial charge >= 0.3 is 12.1 Å². The highest BCUT2D eigenvalue weighted by Gasteiger charge is 2.58. The van der Waals surface area contributed by atoms with Crippen LogP contribution in [-0.4, -0.2) is 60.3 Å². The first kappa shape index (κ1) is 53.9. The molecule has 0 heterocycles. The van der Waals surface area contributed by atoms with Gasteiger partial charge in [-0.15, -0.1) is 0 Å². The van der Waals surface area contributed by atoms with Crippen molar-refractivity contribution in [2.75, 3.05) is 24.1 Å². The third kappa shape index (κ3) is 11.5. The molecule has 9 N–H and O–H groups in total. The lowest BCUT2D eigenvalue weighted by atomic mass is 9.47. The first-order valence-electron chi connectivity index (χ1n) is 26.3. The molecule has 4 aliphatic rings. The van der Waals surface area contributed by atoms with Gasteiger partial charge in [-0.3, -0.25) is 24.0 Å². The molecule has 72 heavy (non-hydrogen) atoms. The van der Waals surface area contributed by atoms with Crippen LogP contribution in [0.3, 0.4) is 0 Å². The smallest absolute Gasteiger partial charge is 0.407 e. The number of hydrogen-bond donors (Lipinski definition) is 6. The van der Waals surface area contributed by atoms with Crippen molar-refractivity contribution in [2.24, 2.45) is 46.0 Å². The van der Waals surface area contributed by atoms with E-state index in [9.17, 15) is 33.6 Å². The van der Waals surface area contributed by atoms with E-state index in [1.54, 1.807) is 24.3 Å². The number of alkyl carbamates (subject to hydrolysis) is 1. The van der Waals surface area contributed by atoms with E-state index in [0.717, 1.165) is 75.5 Å². The van der Waals surface area contributed by atoms with E-state index in [1.807, 2.05) is 26.0 Å². The average Bonchev–Trinajstić information content (AvgIpc) is 3.33. The predicted octanol–water partition coefficient (Wildman–Crippen LogP) is 8.50. The number of nitrogens with two attached hydrogens (primary N) is 3. The van der Waals surface area contributed by atoms with Crippen LogP contribution in [0.2, 0.25) is 0 Å². The molecule has 3 aromatic carbocycles. The molecular weight excluding hydrogens is 909 g/mol. The average molecular weight is 987 g/mol. The lowest BCUT2D eigenvalue weighted by molar-refractivity contribution is -0.146. The molecule has 2 fully saturated rings. The number of nitrogen functional groups attached to an aromatic ring is 1. The molecule has 0 aliphatic heterocycles. The summed E-state index contributed by atoms with van der Waals surface area (Å²) in [6, 6.07) is 17.8. The fourth-order valence-corrected chi connectivity index (χ4v) is 13.5. The van der Waals surface area contributed by atoms with E-state index >= 15 is 0 Å². The Bertz CT molecular complexity index is 2560. The highest BCUT2D eigenvalue weighted by molar-refractivity contribution is 6.04. The van der Waals surface area contributed by atoms with Crippen molar-refractivity contribution in [1.82, 2.24) is 10.6 Å². The summed E-state index contributed by atoms with van der Waals surface area (Å²) in [4.78, 5) is 92.7. The van der Waals surface area contributed by atoms with Crippen LogP contribution < -0.4 is 33.2 Å². The van der Waals surface area contributed by atoms with Crippen LogP contribution in [0.4, 0.5) is 21.0 Å². The third-order valence-electron chi connectivity index (χ3n) is 17.8. The van der Waals surface area contributed by atoms with Crippen LogP contribution in [0.15, 0.2) is 60.7 Å². The Morgan fingerprint density at radius 1 is 0.736 bits per heavy atom. The molecule has 0 bridgehead atoms. The summed E-state index contributed by atoms with van der Waals surface area (Å²) in [5.41, 5.74) is 23.6. The molecule has 2 saturated carbocycles. The summed E-state index contributed by atoms with van der Waals surface area (Å²) >= 11 is 0. The third-order valence-corrected chi connectivity index (χ3v) is 17.8. The minimum atomic E-state index is -0.745. The number of urea groups is 1. The number of carbonyl (C=O) groups is 7. The topological polar surface area (TPSA) is 243 Å². The lowest BCUT2D eigenvalue weighted by Gasteiger charge is -2.56. The van der Waals surface area contributed by atoms with Crippen molar-refractivity contribution in [2.45, 2.75) is 161 Å². The van der Waals surface area contributed by atoms with E-state index in [1.165, 1.54) is 22.3 Å². The molecule has 0 aromatic heterocycles. The Kier molecular flexibility index (Phi) is 16.5. The van der Waals surface area contributed by atoms with Gasteiger partial charge in [0, 0.05) is 47.5 Å². The first-order chi connectivity index (χ1) is 34.1. The second kappa shape index (κ2) is 22.1. The summed E-state index contributed by atoms with van der Waals surface area (Å²) in [7, 11) is 0. The monoisotopic (exact) mass is 987 g/mol. The standard InChI is InChI=1S/C58H78N6O8/c1-35(2)51(60)46(66)30-40(10-7-27-62-53(61)70)52(69)64-42-19-12-36(13-20-42)34-72-54(71)63-33-43(65)28-37-11-14-38-16-21-47-55(3,44(38)29-37)23-8-25-57(47,5)49(67)32-50(68)58(6)26-9-24-56(4)45-31-41(59)18-15-39(45)17-22-48(56)58/h11-15,18-20,29,31,35,40,47-48,51H,7-10,16-17,21-28,30,32-34,59-60H2,1-6H3,(H,63,71)(H,64,69)(H3,61,62,70)/t40-,47-,48-,51+,55-,56-,57+,58+/m1/s1. The summed E-state index contributed by atoms with van der Waals surface area (Å²) in [5.74, 6) is -1.15. The second-order valence-corrected chi connectivity index (χ2v) is 22.9. The molecule has 4 amide bonds. The van der Waals surface area contributed by atoms with Crippen LogP contribution >= 0.6 is 0 Å². The van der Waals surface area contributed by atoms with Gasteiger partial charge in [-0.2, -0.15) is 0 Å². The Hall–Kier alpha value is -5.89. The minimum Gasteiger partial charge on any atom is -0.445 e. The van der Waals surface area contributed by atoms with Crippen LogP contribution in [0.1, 0.15) is 152 Å². The summed E-state index contributed by atoms with van der Waals surface area (Å²) in [5, 5.41) is 7.93. The maximum atomic E-state index is 14.8. The summed E-state index contributed by atoms with van der Waals surface area (Å²) in [6.07, 6.45) is 8.86. The SMILES string of the molecule is CC(C)[C@H](N)C(=O)C[C@@H](CCCNC(N)=O)C(=O)Nc1ccc(COC(=O)NCC(=O)Cc2ccc3c(c2)[C@@]2(C)CCC[C@](C)(C(=O)CC(=O)[C@@]4(C)CCC[C@]5(C)c6cc(N)ccc6CC[C@@H]45)[C@@H]2CC3)cc1. The maximum absolute atomic E-state index is 14.8. The van der Waals surface area contributed by atoms with Crippen molar-refractivity contribution >= 4 is 52.5 Å². The van der Waals surface area contributed by atoms with Gasteiger partial charge in [0.25, 0.3) is 0 Å². The Morgan fingerprint density at radius 3 is 1.89 bits per heavy atom. The molecule has 0 radical (unpaired) electrons. The number of nitrogens with one attached hydrogen (secondary N) is 3. The zero-order valence-electron chi connectivity index (χ0n) is 43.4. The number of ketones is 4. The molecular formula is C58H78N6O8. The summed E-state index contributed by atoms with van der Waals surface area (Å²) < 4.78 is 5.41. The number of hydrogen-bond acceptors (Lipinski definition) is 10. The molecule has 8 atom stereocenters. The van der Waals surface area contributed by atoms with Gasteiger partial charge in [-0.05, 0) is 150 Å². The highest BCUT2D eigenvalue weighted by atomic mass is 16.5. The molecule has 3 aromatic rings. The number of carbonyl (C=O) groups excluding carboxylic acids is 7. The zero-order valence-corrected chi connectivity index (χ0v) is 43.4. The number of anilines is 2. The van der Waals surface area contributed by atoms with Gasteiger partial charge in [0.05, 0.1) is 19.0 Å². The van der Waals surface area contributed by atoms with Crippen molar-refractivity contribution < 1.29 is 38.3 Å². The molecule has 0 unspecified atom stereocenters. The molecule has 0 saturated heterocycles. The van der Waals surface area contributed by atoms with Crippen molar-refractivity contribution in [3.63, 3.8) is 0 Å².